The standard InChI is InChI=1S/C16H13ClN4O4S/c1-24-13-3-2-11(6-12(13)17)20-14(22)9-25-15(23)10-7-19-21(8-10)16-18-4-5-26-16/h2-8H,9H2,1H3,(H,20,22). The van der Waals surface area contributed by atoms with E-state index in [4.69, 9.17) is 21.1 Å². The molecule has 0 saturated carbocycles. The van der Waals surface area contributed by atoms with Crippen molar-refractivity contribution in [3.8, 4) is 10.9 Å². The van der Waals surface area contributed by atoms with Crippen molar-refractivity contribution in [1.29, 1.82) is 0 Å². The molecule has 1 amide bonds. The molecule has 0 aliphatic heterocycles. The van der Waals surface area contributed by atoms with Crippen molar-refractivity contribution in [2.45, 2.75) is 0 Å². The predicted molar refractivity (Wildman–Crippen MR) is 96.2 cm³/mol. The maximum atomic E-state index is 12.0. The molecule has 0 unspecified atom stereocenters. The van der Waals surface area contributed by atoms with Crippen molar-refractivity contribution < 1.29 is 19.1 Å². The molecule has 3 aromatic rings. The summed E-state index contributed by atoms with van der Waals surface area (Å²) < 4.78 is 11.5. The van der Waals surface area contributed by atoms with Crippen LogP contribution in [0.15, 0.2) is 42.2 Å². The highest BCUT2D eigenvalue weighted by Gasteiger charge is 2.14. The zero-order chi connectivity index (χ0) is 18.5. The van der Waals surface area contributed by atoms with Gasteiger partial charge in [0.1, 0.15) is 5.75 Å². The number of nitrogens with zero attached hydrogens (tertiary/aromatic N) is 3. The van der Waals surface area contributed by atoms with Crippen LogP contribution in [0.4, 0.5) is 5.69 Å². The van der Waals surface area contributed by atoms with E-state index in [1.165, 1.54) is 41.6 Å². The first-order valence-corrected chi connectivity index (χ1v) is 8.57. The van der Waals surface area contributed by atoms with Gasteiger partial charge in [-0.2, -0.15) is 5.10 Å². The van der Waals surface area contributed by atoms with E-state index in [0.29, 0.717) is 21.6 Å². The Morgan fingerprint density at radius 1 is 1.38 bits per heavy atom. The molecule has 0 fully saturated rings. The number of rotatable bonds is 6. The predicted octanol–water partition coefficient (Wildman–Crippen LogP) is 2.79. The van der Waals surface area contributed by atoms with Crippen LogP contribution in [0.3, 0.4) is 0 Å². The summed E-state index contributed by atoms with van der Waals surface area (Å²) >= 11 is 7.37. The zero-order valence-electron chi connectivity index (χ0n) is 13.5. The lowest BCUT2D eigenvalue weighted by atomic mass is 10.3. The highest BCUT2D eigenvalue weighted by molar-refractivity contribution is 7.12. The lowest BCUT2D eigenvalue weighted by molar-refractivity contribution is -0.119. The third kappa shape index (κ3) is 4.19. The van der Waals surface area contributed by atoms with Crippen LogP contribution in [0.2, 0.25) is 5.02 Å². The van der Waals surface area contributed by atoms with Crippen molar-refractivity contribution in [2.75, 3.05) is 19.0 Å². The minimum atomic E-state index is -0.657. The fourth-order valence-corrected chi connectivity index (χ4v) is 2.85. The summed E-state index contributed by atoms with van der Waals surface area (Å²) in [5, 5.41) is 9.40. The second kappa shape index (κ2) is 7.98. The first kappa shape index (κ1) is 17.9. The lowest BCUT2D eigenvalue weighted by Gasteiger charge is -2.08. The van der Waals surface area contributed by atoms with E-state index in [1.54, 1.807) is 23.7 Å². The van der Waals surface area contributed by atoms with Crippen molar-refractivity contribution in [3.05, 3.63) is 52.8 Å². The molecule has 26 heavy (non-hydrogen) atoms. The van der Waals surface area contributed by atoms with E-state index in [9.17, 15) is 9.59 Å². The number of esters is 1. The average molecular weight is 393 g/mol. The quantitative estimate of drug-likeness (QED) is 0.648. The molecule has 0 aliphatic carbocycles. The zero-order valence-corrected chi connectivity index (χ0v) is 15.1. The summed E-state index contributed by atoms with van der Waals surface area (Å²) in [5.41, 5.74) is 0.689. The molecule has 0 spiro atoms. The Labute approximate surface area is 157 Å². The van der Waals surface area contributed by atoms with Gasteiger partial charge >= 0.3 is 5.97 Å². The van der Waals surface area contributed by atoms with Gasteiger partial charge in [0.05, 0.1) is 23.9 Å². The van der Waals surface area contributed by atoms with Gasteiger partial charge in [0.25, 0.3) is 5.91 Å². The number of benzene rings is 1. The maximum Gasteiger partial charge on any atom is 0.341 e. The summed E-state index contributed by atoms with van der Waals surface area (Å²) in [6, 6.07) is 4.79. The molecule has 134 valence electrons. The molecule has 0 aliphatic rings. The number of halogens is 1. The number of aromatic nitrogens is 3. The molecular formula is C16H13ClN4O4S. The summed E-state index contributed by atoms with van der Waals surface area (Å²) in [7, 11) is 1.50. The Morgan fingerprint density at radius 3 is 2.92 bits per heavy atom. The highest BCUT2D eigenvalue weighted by atomic mass is 35.5. The molecule has 10 heteroatoms. The summed E-state index contributed by atoms with van der Waals surface area (Å²) in [6.07, 6.45) is 4.47. The van der Waals surface area contributed by atoms with Crippen LogP contribution in [-0.2, 0) is 9.53 Å². The van der Waals surface area contributed by atoms with E-state index >= 15 is 0 Å². The van der Waals surface area contributed by atoms with Crippen LogP contribution in [-0.4, -0.2) is 40.4 Å². The molecule has 3 rings (SSSR count). The second-order valence-corrected chi connectivity index (χ2v) is 6.24. The van der Waals surface area contributed by atoms with Gasteiger partial charge in [0.2, 0.25) is 5.13 Å². The fraction of sp³-hybridized carbons (Fsp3) is 0.125. The fourth-order valence-electron chi connectivity index (χ4n) is 2.02. The number of hydrogen-bond acceptors (Lipinski definition) is 7. The molecule has 8 nitrogen and oxygen atoms in total. The monoisotopic (exact) mass is 392 g/mol. The van der Waals surface area contributed by atoms with Crippen molar-refractivity contribution in [2.24, 2.45) is 0 Å². The Morgan fingerprint density at radius 2 is 2.23 bits per heavy atom. The van der Waals surface area contributed by atoms with Gasteiger partial charge in [0.15, 0.2) is 6.61 Å². The van der Waals surface area contributed by atoms with Gasteiger partial charge in [0, 0.05) is 23.5 Å². The smallest absolute Gasteiger partial charge is 0.341 e. The van der Waals surface area contributed by atoms with Crippen molar-refractivity contribution in [1.82, 2.24) is 14.8 Å². The van der Waals surface area contributed by atoms with Crippen molar-refractivity contribution >= 4 is 40.5 Å². The highest BCUT2D eigenvalue weighted by Crippen LogP contribution is 2.27. The summed E-state index contributed by atoms with van der Waals surface area (Å²) in [4.78, 5) is 28.0. The Kier molecular flexibility index (Phi) is 5.49. The van der Waals surface area contributed by atoms with Crippen LogP contribution in [0, 0.1) is 0 Å². The number of amides is 1. The number of hydrogen-bond donors (Lipinski definition) is 1. The normalized spacial score (nSPS) is 10.4. The summed E-state index contributed by atoms with van der Waals surface area (Å²) in [6.45, 7) is -0.440. The first-order chi connectivity index (χ1) is 12.6. The van der Waals surface area contributed by atoms with Crippen LogP contribution in [0.25, 0.3) is 5.13 Å². The van der Waals surface area contributed by atoms with Gasteiger partial charge in [-0.15, -0.1) is 11.3 Å². The number of anilines is 1. The summed E-state index contributed by atoms with van der Waals surface area (Å²) in [5.74, 6) is -0.657. The van der Waals surface area contributed by atoms with Crippen LogP contribution in [0.5, 0.6) is 5.75 Å². The van der Waals surface area contributed by atoms with Gasteiger partial charge in [-0.1, -0.05) is 11.6 Å². The maximum absolute atomic E-state index is 12.0. The number of methoxy groups -OCH3 is 1. The minimum absolute atomic E-state index is 0.223. The van der Waals surface area contributed by atoms with E-state index < -0.39 is 18.5 Å². The molecule has 2 heterocycles. The SMILES string of the molecule is COc1ccc(NC(=O)COC(=O)c2cnn(-c3nccs3)c2)cc1Cl. The number of nitrogens with one attached hydrogen (secondary N) is 1. The number of ether oxygens (including phenoxy) is 2. The van der Waals surface area contributed by atoms with Crippen molar-refractivity contribution in [3.63, 3.8) is 0 Å². The van der Waals surface area contributed by atoms with E-state index in [0.717, 1.165) is 0 Å². The Hall–Kier alpha value is -2.91. The van der Waals surface area contributed by atoms with Crippen LogP contribution < -0.4 is 10.1 Å². The number of carbonyl (C=O) groups is 2. The third-order valence-electron chi connectivity index (χ3n) is 3.20. The second-order valence-electron chi connectivity index (χ2n) is 4.96. The molecule has 0 bridgehead atoms. The molecule has 1 N–H and O–H groups in total. The van der Waals surface area contributed by atoms with E-state index in [2.05, 4.69) is 15.4 Å². The van der Waals surface area contributed by atoms with Gasteiger partial charge < -0.3 is 14.8 Å². The molecule has 0 saturated heterocycles. The van der Waals surface area contributed by atoms with E-state index in [-0.39, 0.29) is 5.56 Å². The van der Waals surface area contributed by atoms with E-state index in [1.807, 2.05) is 0 Å². The average Bonchev–Trinajstić information content (AvgIpc) is 3.31. The minimum Gasteiger partial charge on any atom is -0.495 e. The Balaban J connectivity index is 1.54. The van der Waals surface area contributed by atoms with Gasteiger partial charge in [-0.05, 0) is 18.2 Å². The third-order valence-corrected chi connectivity index (χ3v) is 4.26. The molecule has 0 atom stereocenters. The lowest BCUT2D eigenvalue weighted by Crippen LogP contribution is -2.20. The van der Waals surface area contributed by atoms with Gasteiger partial charge in [-0.3, -0.25) is 4.79 Å². The largest absolute Gasteiger partial charge is 0.495 e. The Bertz CT molecular complexity index is 926. The molecule has 1 aromatic carbocycles. The first-order valence-electron chi connectivity index (χ1n) is 7.32. The molecule has 0 radical (unpaired) electrons. The number of thiazole rings is 1. The molecule has 2 aromatic heterocycles. The van der Waals surface area contributed by atoms with Gasteiger partial charge in [-0.25, -0.2) is 14.5 Å². The topological polar surface area (TPSA) is 95.3 Å². The van der Waals surface area contributed by atoms with Crippen LogP contribution >= 0.6 is 22.9 Å². The molecular weight excluding hydrogens is 380 g/mol. The number of carbonyl (C=O) groups excluding carboxylic acids is 2. The van der Waals surface area contributed by atoms with Crippen LogP contribution in [0.1, 0.15) is 10.4 Å².